The Morgan fingerprint density at radius 2 is 1.61 bits per heavy atom. The first kappa shape index (κ1) is 22.3. The van der Waals surface area contributed by atoms with Gasteiger partial charge in [-0.2, -0.15) is 5.26 Å². The van der Waals surface area contributed by atoms with Gasteiger partial charge in [0.2, 0.25) is 0 Å². The number of halogens is 1. The number of nitriles is 1. The molecule has 3 atom stereocenters. The van der Waals surface area contributed by atoms with Crippen LogP contribution >= 0.6 is 0 Å². The van der Waals surface area contributed by atoms with Gasteiger partial charge in [-0.05, 0) is 84.3 Å². The van der Waals surface area contributed by atoms with Gasteiger partial charge in [0.25, 0.3) is 5.91 Å². The summed E-state index contributed by atoms with van der Waals surface area (Å²) in [4.78, 5) is 24.5. The summed E-state index contributed by atoms with van der Waals surface area (Å²) in [6.07, 6.45) is 6.90. The number of hydrogen-bond acceptors (Lipinski definition) is 5. The molecule has 0 spiro atoms. The third-order valence-electron chi connectivity index (χ3n) is 7.45. The van der Waals surface area contributed by atoms with Crippen LogP contribution in [0.25, 0.3) is 33.3 Å². The van der Waals surface area contributed by atoms with Crippen LogP contribution in [-0.4, -0.2) is 38.9 Å². The normalized spacial score (nSPS) is 20.9. The highest BCUT2D eigenvalue weighted by Crippen LogP contribution is 2.39. The van der Waals surface area contributed by atoms with Crippen molar-refractivity contribution in [3.63, 3.8) is 0 Å². The third kappa shape index (κ3) is 3.80. The minimum atomic E-state index is -0.592. The van der Waals surface area contributed by atoms with Crippen molar-refractivity contribution >= 4 is 16.9 Å². The van der Waals surface area contributed by atoms with E-state index in [0.717, 1.165) is 47.8 Å². The molecule has 3 aromatic carbocycles. The molecule has 2 N–H and O–H groups in total. The number of rotatable bonds is 3. The van der Waals surface area contributed by atoms with Crippen LogP contribution in [0.4, 0.5) is 4.39 Å². The highest BCUT2D eigenvalue weighted by atomic mass is 19.1. The molecule has 0 saturated carbocycles. The van der Waals surface area contributed by atoms with E-state index >= 15 is 0 Å². The number of amides is 1. The summed E-state index contributed by atoms with van der Waals surface area (Å²) in [7, 11) is 0. The second-order valence-corrected chi connectivity index (χ2v) is 9.66. The van der Waals surface area contributed by atoms with Gasteiger partial charge >= 0.3 is 0 Å². The SMILES string of the molecule is N#Cc1ccc(-c2cc(C(=O)N3[C@@H]4CC[C@H]3C[C@@H](N)C4)ccc2-c2ccc3nccnc3c2)cc1F. The fourth-order valence-electron chi connectivity index (χ4n) is 5.77. The summed E-state index contributed by atoms with van der Waals surface area (Å²) in [6.45, 7) is 0. The van der Waals surface area contributed by atoms with Crippen LogP contribution in [0.5, 0.6) is 0 Å². The lowest BCUT2D eigenvalue weighted by molar-refractivity contribution is 0.0575. The molecule has 0 aliphatic carbocycles. The summed E-state index contributed by atoms with van der Waals surface area (Å²) in [5, 5.41) is 9.19. The molecule has 1 amide bonds. The van der Waals surface area contributed by atoms with Gasteiger partial charge in [-0.15, -0.1) is 0 Å². The molecule has 1 aromatic heterocycles. The van der Waals surface area contributed by atoms with Crippen LogP contribution in [0.2, 0.25) is 0 Å². The van der Waals surface area contributed by atoms with E-state index in [0.29, 0.717) is 16.7 Å². The van der Waals surface area contributed by atoms with Gasteiger partial charge < -0.3 is 10.6 Å². The largest absolute Gasteiger partial charge is 0.333 e. The summed E-state index contributed by atoms with van der Waals surface area (Å²) in [6, 6.07) is 18.3. The van der Waals surface area contributed by atoms with E-state index in [1.807, 2.05) is 47.4 Å². The minimum absolute atomic E-state index is 0.0132. The zero-order chi connectivity index (χ0) is 24.8. The summed E-state index contributed by atoms with van der Waals surface area (Å²) >= 11 is 0. The van der Waals surface area contributed by atoms with E-state index < -0.39 is 5.82 Å². The number of fused-ring (bicyclic) bond motifs is 3. The van der Waals surface area contributed by atoms with E-state index in [4.69, 9.17) is 5.73 Å². The number of nitrogens with zero attached hydrogens (tertiary/aromatic N) is 4. The minimum Gasteiger partial charge on any atom is -0.333 e. The number of nitrogens with two attached hydrogens (primary N) is 1. The lowest BCUT2D eigenvalue weighted by Gasteiger charge is -2.38. The lowest BCUT2D eigenvalue weighted by Crippen LogP contribution is -2.50. The molecule has 2 aliphatic rings. The Morgan fingerprint density at radius 3 is 2.33 bits per heavy atom. The molecule has 0 radical (unpaired) electrons. The fraction of sp³-hybridized carbons (Fsp3) is 0.241. The van der Waals surface area contributed by atoms with Crippen molar-refractivity contribution in [1.29, 1.82) is 5.26 Å². The van der Waals surface area contributed by atoms with Crippen molar-refractivity contribution in [1.82, 2.24) is 14.9 Å². The lowest BCUT2D eigenvalue weighted by atomic mass is 9.91. The van der Waals surface area contributed by atoms with Crippen molar-refractivity contribution < 1.29 is 9.18 Å². The number of benzene rings is 3. The average molecular weight is 478 g/mol. The number of piperidine rings is 1. The van der Waals surface area contributed by atoms with E-state index in [2.05, 4.69) is 9.97 Å². The van der Waals surface area contributed by atoms with Gasteiger partial charge in [0.05, 0.1) is 16.6 Å². The quantitative estimate of drug-likeness (QED) is 0.445. The number of carbonyl (C=O) groups is 1. The van der Waals surface area contributed by atoms with Gasteiger partial charge in [0, 0.05) is 36.1 Å². The average Bonchev–Trinajstić information content (AvgIpc) is 3.18. The van der Waals surface area contributed by atoms with Crippen LogP contribution in [-0.2, 0) is 0 Å². The zero-order valence-electron chi connectivity index (χ0n) is 19.6. The van der Waals surface area contributed by atoms with Crippen molar-refractivity contribution in [3.05, 3.63) is 83.9 Å². The van der Waals surface area contributed by atoms with Crippen LogP contribution in [0.1, 0.15) is 41.6 Å². The molecule has 2 bridgehead atoms. The second-order valence-electron chi connectivity index (χ2n) is 9.66. The molecule has 6 rings (SSSR count). The van der Waals surface area contributed by atoms with Crippen molar-refractivity contribution in [2.45, 2.75) is 43.8 Å². The summed E-state index contributed by atoms with van der Waals surface area (Å²) in [5.74, 6) is -0.606. The topological polar surface area (TPSA) is 95.9 Å². The Kier molecular flexibility index (Phi) is 5.46. The van der Waals surface area contributed by atoms with Crippen LogP contribution in [0.15, 0.2) is 67.0 Å². The van der Waals surface area contributed by atoms with E-state index in [9.17, 15) is 14.4 Å². The molecule has 4 aromatic rings. The first-order chi connectivity index (χ1) is 17.5. The molecular formula is C29H24FN5O. The second kappa shape index (κ2) is 8.81. The monoisotopic (exact) mass is 477 g/mol. The maximum atomic E-state index is 14.6. The molecule has 2 saturated heterocycles. The molecule has 178 valence electrons. The summed E-state index contributed by atoms with van der Waals surface area (Å²) in [5.41, 5.74) is 11.3. The van der Waals surface area contributed by atoms with E-state index in [1.54, 1.807) is 18.5 Å². The number of aromatic nitrogens is 2. The Labute approximate surface area is 208 Å². The van der Waals surface area contributed by atoms with E-state index in [1.165, 1.54) is 12.1 Å². The Hall–Kier alpha value is -4.15. The van der Waals surface area contributed by atoms with Crippen molar-refractivity contribution in [3.8, 4) is 28.3 Å². The maximum absolute atomic E-state index is 14.6. The molecule has 6 nitrogen and oxygen atoms in total. The van der Waals surface area contributed by atoms with Crippen molar-refractivity contribution in [2.24, 2.45) is 5.73 Å². The first-order valence-corrected chi connectivity index (χ1v) is 12.2. The molecule has 2 fully saturated rings. The van der Waals surface area contributed by atoms with Gasteiger partial charge in [0.1, 0.15) is 11.9 Å². The summed E-state index contributed by atoms with van der Waals surface area (Å²) < 4.78 is 14.6. The highest BCUT2D eigenvalue weighted by molar-refractivity contribution is 5.99. The van der Waals surface area contributed by atoms with Crippen LogP contribution in [0, 0.1) is 17.1 Å². The molecule has 7 heteroatoms. The van der Waals surface area contributed by atoms with Gasteiger partial charge in [-0.3, -0.25) is 14.8 Å². The molecule has 3 heterocycles. The third-order valence-corrected chi connectivity index (χ3v) is 7.45. The molecule has 0 unspecified atom stereocenters. The number of hydrogen-bond donors (Lipinski definition) is 1. The number of carbonyl (C=O) groups excluding carboxylic acids is 1. The van der Waals surface area contributed by atoms with Gasteiger partial charge in [-0.25, -0.2) is 4.39 Å². The predicted molar refractivity (Wildman–Crippen MR) is 135 cm³/mol. The maximum Gasteiger partial charge on any atom is 0.254 e. The molecular weight excluding hydrogens is 453 g/mol. The highest BCUT2D eigenvalue weighted by Gasteiger charge is 2.42. The van der Waals surface area contributed by atoms with E-state index in [-0.39, 0.29) is 29.6 Å². The smallest absolute Gasteiger partial charge is 0.254 e. The van der Waals surface area contributed by atoms with Gasteiger partial charge in [-0.1, -0.05) is 18.2 Å². The Balaban J connectivity index is 1.47. The van der Waals surface area contributed by atoms with Crippen molar-refractivity contribution in [2.75, 3.05) is 0 Å². The Bertz CT molecular complexity index is 1530. The predicted octanol–water partition coefficient (Wildman–Crippen LogP) is 5.07. The fourth-order valence-corrected chi connectivity index (χ4v) is 5.77. The Morgan fingerprint density at radius 1 is 0.917 bits per heavy atom. The van der Waals surface area contributed by atoms with Crippen LogP contribution < -0.4 is 5.73 Å². The molecule has 2 aliphatic heterocycles. The molecule has 36 heavy (non-hydrogen) atoms. The van der Waals surface area contributed by atoms with Crippen LogP contribution in [0.3, 0.4) is 0 Å². The van der Waals surface area contributed by atoms with Gasteiger partial charge in [0.15, 0.2) is 0 Å². The standard InChI is InChI=1S/C29H24FN5O/c30-26-12-17(1-2-20(26)16-31)25-11-19(29(36)35-22-5-6-23(35)15-21(32)14-22)3-7-24(25)18-4-8-27-28(13-18)34-10-9-33-27/h1-4,7-13,21-23H,5-6,14-15,32H2/t21-,22+,23-. The zero-order valence-corrected chi connectivity index (χ0v) is 19.6. The first-order valence-electron chi connectivity index (χ1n) is 12.2.